The van der Waals surface area contributed by atoms with Gasteiger partial charge in [-0.25, -0.2) is 0 Å². The highest BCUT2D eigenvalue weighted by Gasteiger charge is 2.23. The number of anilines is 2. The Morgan fingerprint density at radius 2 is 2.04 bits per heavy atom. The Kier molecular flexibility index (Phi) is 6.06. The van der Waals surface area contributed by atoms with Gasteiger partial charge in [-0.05, 0) is 31.2 Å². The van der Waals surface area contributed by atoms with Crippen molar-refractivity contribution in [2.75, 3.05) is 50.3 Å². The maximum absolute atomic E-state index is 9.10. The van der Waals surface area contributed by atoms with Gasteiger partial charge in [0.1, 0.15) is 5.82 Å². The second kappa shape index (κ2) is 8.29. The zero-order chi connectivity index (χ0) is 18.7. The van der Waals surface area contributed by atoms with Crippen LogP contribution in [0.5, 0.6) is 5.88 Å². The molecule has 8 nitrogen and oxygen atoms in total. The molecule has 9 heteroatoms. The van der Waals surface area contributed by atoms with Gasteiger partial charge in [-0.1, -0.05) is 0 Å². The summed E-state index contributed by atoms with van der Waals surface area (Å²) in [6.07, 6.45) is 5.19. The Morgan fingerprint density at radius 1 is 1.31 bits per heavy atom. The largest absolute Gasteiger partial charge is 0.480 e. The molecule has 0 spiro atoms. The van der Waals surface area contributed by atoms with Crippen LogP contribution in [0.1, 0.15) is 19.3 Å². The molecule has 2 aromatic rings. The van der Waals surface area contributed by atoms with Crippen molar-refractivity contribution in [3.8, 4) is 5.88 Å². The van der Waals surface area contributed by atoms with E-state index in [1.807, 2.05) is 25.1 Å². The molecule has 0 aliphatic carbocycles. The third-order valence-corrected chi connectivity index (χ3v) is 5.53. The van der Waals surface area contributed by atoms with E-state index in [9.17, 15) is 0 Å². The van der Waals surface area contributed by atoms with Crippen molar-refractivity contribution in [3.63, 3.8) is 0 Å². The first-order valence-corrected chi connectivity index (χ1v) is 10.2. The number of pyridine rings is 1. The molecule has 1 aliphatic heterocycles. The van der Waals surface area contributed by atoms with E-state index >= 15 is 0 Å². The van der Waals surface area contributed by atoms with E-state index in [2.05, 4.69) is 15.1 Å². The van der Waals surface area contributed by atoms with Crippen LogP contribution in [0.3, 0.4) is 0 Å². The van der Waals surface area contributed by atoms with Gasteiger partial charge in [0.15, 0.2) is 14.2 Å². The highest BCUT2D eigenvalue weighted by atomic mass is 31.2. The SMILES string of the molecule is COc1nc(N2CCC(CCP(O)O)CC2)cc2cnnc(N(C)C)c12. The maximum atomic E-state index is 9.10. The normalized spacial score (nSPS) is 15.7. The van der Waals surface area contributed by atoms with Gasteiger partial charge in [-0.2, -0.15) is 10.1 Å². The van der Waals surface area contributed by atoms with Crippen LogP contribution in [0.2, 0.25) is 0 Å². The molecule has 3 rings (SSSR count). The van der Waals surface area contributed by atoms with Gasteiger partial charge in [0.05, 0.1) is 18.7 Å². The van der Waals surface area contributed by atoms with E-state index in [0.717, 1.165) is 54.8 Å². The Hall–Kier alpha value is -1.76. The highest BCUT2D eigenvalue weighted by Crippen LogP contribution is 2.35. The molecule has 0 radical (unpaired) electrons. The number of fused-ring (bicyclic) bond motifs is 1. The molecule has 2 N–H and O–H groups in total. The molecule has 0 bridgehead atoms. The van der Waals surface area contributed by atoms with Crippen LogP contribution in [0.25, 0.3) is 10.8 Å². The lowest BCUT2D eigenvalue weighted by atomic mass is 9.94. The summed E-state index contributed by atoms with van der Waals surface area (Å²) in [6, 6.07) is 2.04. The third-order valence-electron chi connectivity index (χ3n) is 4.87. The number of piperidine rings is 1. The van der Waals surface area contributed by atoms with Crippen LogP contribution < -0.4 is 14.5 Å². The molecule has 142 valence electrons. The third kappa shape index (κ3) is 4.14. The predicted octanol–water partition coefficient (Wildman–Crippen LogP) is 2.00. The summed E-state index contributed by atoms with van der Waals surface area (Å²) in [5.74, 6) is 2.73. The minimum absolute atomic E-state index is 0.508. The van der Waals surface area contributed by atoms with Gasteiger partial charge in [-0.3, -0.25) is 0 Å². The first-order chi connectivity index (χ1) is 12.5. The molecule has 26 heavy (non-hydrogen) atoms. The Morgan fingerprint density at radius 3 is 2.65 bits per heavy atom. The molecule has 1 fully saturated rings. The fraction of sp³-hybridized carbons (Fsp3) is 0.588. The standard InChI is InChI=1S/C17H26N5O3P/c1-21(2)16-15-13(11-18-20-16)10-14(19-17(15)25-3)22-7-4-12(5-8-22)6-9-26(23)24/h10-12,23-24H,4-9H2,1-3H3. The molecular weight excluding hydrogens is 353 g/mol. The van der Waals surface area contributed by atoms with Crippen LogP contribution in [-0.2, 0) is 0 Å². The maximum Gasteiger partial charge on any atom is 0.226 e. The van der Waals surface area contributed by atoms with Crippen molar-refractivity contribution in [1.29, 1.82) is 0 Å². The van der Waals surface area contributed by atoms with Gasteiger partial charge in [0.25, 0.3) is 0 Å². The number of aromatic nitrogens is 3. The summed E-state index contributed by atoms with van der Waals surface area (Å²) in [5.41, 5.74) is 0. The fourth-order valence-corrected chi connectivity index (χ4v) is 4.02. The molecule has 2 aromatic heterocycles. The second-order valence-corrected chi connectivity index (χ2v) is 8.02. The summed E-state index contributed by atoms with van der Waals surface area (Å²) in [4.78, 5) is 27.1. The van der Waals surface area contributed by atoms with Crippen LogP contribution in [0, 0.1) is 5.92 Å². The van der Waals surface area contributed by atoms with Crippen LogP contribution in [-0.4, -0.2) is 65.4 Å². The molecule has 0 atom stereocenters. The number of nitrogens with zero attached hydrogens (tertiary/aromatic N) is 5. The molecule has 1 saturated heterocycles. The minimum Gasteiger partial charge on any atom is -0.480 e. The van der Waals surface area contributed by atoms with Crippen molar-refractivity contribution >= 4 is 30.8 Å². The van der Waals surface area contributed by atoms with E-state index in [4.69, 9.17) is 19.5 Å². The van der Waals surface area contributed by atoms with Crippen molar-refractivity contribution in [2.24, 2.45) is 5.92 Å². The average molecular weight is 379 g/mol. The first-order valence-electron chi connectivity index (χ1n) is 8.77. The zero-order valence-electron chi connectivity index (χ0n) is 15.5. The fourth-order valence-electron chi connectivity index (χ4n) is 3.42. The van der Waals surface area contributed by atoms with Gasteiger partial charge in [-0.15, -0.1) is 5.10 Å². The van der Waals surface area contributed by atoms with Gasteiger partial charge >= 0.3 is 0 Å². The summed E-state index contributed by atoms with van der Waals surface area (Å²) in [6.45, 7) is 1.81. The molecule has 1 aliphatic rings. The minimum atomic E-state index is -1.77. The first kappa shape index (κ1) is 19.0. The van der Waals surface area contributed by atoms with Gasteiger partial charge < -0.3 is 24.3 Å². The highest BCUT2D eigenvalue weighted by molar-refractivity contribution is 7.45. The number of hydrogen-bond donors (Lipinski definition) is 2. The van der Waals surface area contributed by atoms with Crippen molar-refractivity contribution in [3.05, 3.63) is 12.3 Å². The van der Waals surface area contributed by atoms with Crippen molar-refractivity contribution < 1.29 is 14.5 Å². The summed E-state index contributed by atoms with van der Waals surface area (Å²) in [5, 5.41) is 10.1. The number of methoxy groups -OCH3 is 1. The van der Waals surface area contributed by atoms with Crippen molar-refractivity contribution in [1.82, 2.24) is 15.2 Å². The lowest BCUT2D eigenvalue weighted by molar-refractivity contribution is 0.382. The smallest absolute Gasteiger partial charge is 0.226 e. The van der Waals surface area contributed by atoms with E-state index in [-0.39, 0.29) is 0 Å². The Bertz CT molecular complexity index is 751. The van der Waals surface area contributed by atoms with Crippen LogP contribution in [0.4, 0.5) is 11.6 Å². The predicted molar refractivity (Wildman–Crippen MR) is 104 cm³/mol. The number of ether oxygens (including phenoxy) is 1. The number of rotatable bonds is 6. The van der Waals surface area contributed by atoms with Crippen LogP contribution in [0.15, 0.2) is 12.3 Å². The molecule has 0 saturated carbocycles. The second-order valence-electron chi connectivity index (χ2n) is 6.83. The molecule has 3 heterocycles. The summed E-state index contributed by atoms with van der Waals surface area (Å²) < 4.78 is 5.55. The Balaban J connectivity index is 1.81. The van der Waals surface area contributed by atoms with E-state index in [0.29, 0.717) is 18.0 Å². The topological polar surface area (TPSA) is 94.8 Å². The summed E-state index contributed by atoms with van der Waals surface area (Å²) in [7, 11) is 3.70. The average Bonchev–Trinajstić information content (AvgIpc) is 2.65. The van der Waals surface area contributed by atoms with Gasteiger partial charge in [0.2, 0.25) is 5.88 Å². The summed E-state index contributed by atoms with van der Waals surface area (Å²) >= 11 is 0. The molecule has 0 aromatic carbocycles. The van der Waals surface area contributed by atoms with Gasteiger partial charge in [0, 0.05) is 38.7 Å². The van der Waals surface area contributed by atoms with E-state index in [1.165, 1.54) is 0 Å². The lowest BCUT2D eigenvalue weighted by Crippen LogP contribution is -2.34. The van der Waals surface area contributed by atoms with E-state index in [1.54, 1.807) is 13.3 Å². The monoisotopic (exact) mass is 379 g/mol. The van der Waals surface area contributed by atoms with Crippen LogP contribution >= 0.6 is 8.38 Å². The van der Waals surface area contributed by atoms with Crippen molar-refractivity contribution in [2.45, 2.75) is 19.3 Å². The lowest BCUT2D eigenvalue weighted by Gasteiger charge is -2.33. The molecule has 0 amide bonds. The Labute approximate surface area is 154 Å². The van der Waals surface area contributed by atoms with E-state index < -0.39 is 8.38 Å². The molecule has 0 unspecified atom stereocenters. The molecular formula is C17H26N5O3P. The quantitative estimate of drug-likeness (QED) is 0.736. The zero-order valence-corrected chi connectivity index (χ0v) is 16.4. The number of hydrogen-bond acceptors (Lipinski definition) is 8.